The van der Waals surface area contributed by atoms with E-state index < -0.39 is 0 Å². The molecule has 3 N–H and O–H groups in total. The van der Waals surface area contributed by atoms with Gasteiger partial charge < -0.3 is 20.7 Å². The van der Waals surface area contributed by atoms with Gasteiger partial charge in [-0.25, -0.2) is 9.97 Å². The van der Waals surface area contributed by atoms with Crippen LogP contribution in [0.1, 0.15) is 18.3 Å². The molecule has 2 aromatic heterocycles. The molecule has 9 nitrogen and oxygen atoms in total. The van der Waals surface area contributed by atoms with Gasteiger partial charge in [0.2, 0.25) is 0 Å². The van der Waals surface area contributed by atoms with E-state index in [0.717, 1.165) is 24.4 Å². The first-order valence-electron chi connectivity index (χ1n) is 8.24. The molecule has 0 aliphatic carbocycles. The predicted octanol–water partition coefficient (Wildman–Crippen LogP) is 1.32. The van der Waals surface area contributed by atoms with E-state index in [4.69, 9.17) is 10.00 Å². The summed E-state index contributed by atoms with van der Waals surface area (Å²) in [5.41, 5.74) is 2.58. The van der Waals surface area contributed by atoms with E-state index in [2.05, 4.69) is 42.7 Å². The lowest BCUT2D eigenvalue weighted by Gasteiger charge is -2.24. The van der Waals surface area contributed by atoms with Crippen molar-refractivity contribution in [2.45, 2.75) is 13.0 Å². The van der Waals surface area contributed by atoms with E-state index in [1.807, 2.05) is 19.1 Å². The second-order valence-electron chi connectivity index (χ2n) is 5.87. The van der Waals surface area contributed by atoms with Crippen LogP contribution in [0.2, 0.25) is 0 Å². The van der Waals surface area contributed by atoms with Crippen molar-refractivity contribution in [2.24, 2.45) is 0 Å². The molecule has 0 bridgehead atoms. The minimum atomic E-state index is 0.0932. The number of allylic oxidation sites excluding steroid dienone is 1. The number of rotatable bonds is 6. The van der Waals surface area contributed by atoms with Gasteiger partial charge in [0.1, 0.15) is 17.6 Å². The van der Waals surface area contributed by atoms with Gasteiger partial charge >= 0.3 is 0 Å². The standard InChI is InChI=1S/C17H20N8O/c1-11(2)17-14(21-9-13-8-19-3-4-26-13)5-15(24-25-17)23-16-10-20-12(6-18)7-22-16/h5,7,10,13,19H,1,3-4,8-9H2,2H3,(H2,21,22,23,24)/t13-/m0/s1. The highest BCUT2D eigenvalue weighted by molar-refractivity contribution is 5.73. The van der Waals surface area contributed by atoms with Gasteiger partial charge in [0.05, 0.1) is 30.8 Å². The maximum absolute atomic E-state index is 8.78. The van der Waals surface area contributed by atoms with Gasteiger partial charge in [-0.05, 0) is 12.5 Å². The fourth-order valence-electron chi connectivity index (χ4n) is 2.46. The molecule has 0 amide bonds. The van der Waals surface area contributed by atoms with Crippen LogP contribution in [0.4, 0.5) is 17.3 Å². The van der Waals surface area contributed by atoms with Crippen molar-refractivity contribution in [3.63, 3.8) is 0 Å². The van der Waals surface area contributed by atoms with E-state index in [1.54, 1.807) is 0 Å². The summed E-state index contributed by atoms with van der Waals surface area (Å²) in [6.07, 6.45) is 2.96. The van der Waals surface area contributed by atoms with E-state index in [9.17, 15) is 0 Å². The minimum Gasteiger partial charge on any atom is -0.380 e. The molecule has 0 spiro atoms. The summed E-state index contributed by atoms with van der Waals surface area (Å²) in [4.78, 5) is 8.09. The number of ether oxygens (including phenoxy) is 1. The van der Waals surface area contributed by atoms with Gasteiger partial charge in [-0.1, -0.05) is 6.58 Å². The highest BCUT2D eigenvalue weighted by Gasteiger charge is 2.15. The van der Waals surface area contributed by atoms with Crippen molar-refractivity contribution < 1.29 is 4.74 Å². The Morgan fingerprint density at radius 3 is 2.92 bits per heavy atom. The van der Waals surface area contributed by atoms with Gasteiger partial charge in [-0.15, -0.1) is 10.2 Å². The van der Waals surface area contributed by atoms with Crippen molar-refractivity contribution in [3.05, 3.63) is 36.4 Å². The fourth-order valence-corrected chi connectivity index (χ4v) is 2.46. The number of morpholine rings is 1. The molecule has 0 saturated carbocycles. The molecular formula is C17H20N8O. The minimum absolute atomic E-state index is 0.0932. The quantitative estimate of drug-likeness (QED) is 0.706. The van der Waals surface area contributed by atoms with Crippen LogP contribution in [0, 0.1) is 11.3 Å². The molecule has 1 saturated heterocycles. The van der Waals surface area contributed by atoms with Gasteiger partial charge in [0.15, 0.2) is 11.5 Å². The number of anilines is 3. The molecule has 1 atom stereocenters. The lowest BCUT2D eigenvalue weighted by atomic mass is 10.2. The third-order valence-corrected chi connectivity index (χ3v) is 3.75. The maximum atomic E-state index is 8.78. The molecule has 26 heavy (non-hydrogen) atoms. The third kappa shape index (κ3) is 4.50. The average Bonchev–Trinajstić information content (AvgIpc) is 2.68. The molecule has 2 aromatic rings. The van der Waals surface area contributed by atoms with Crippen LogP contribution in [0.3, 0.4) is 0 Å². The van der Waals surface area contributed by atoms with Crippen LogP contribution in [0.25, 0.3) is 5.57 Å². The molecule has 134 valence electrons. The van der Waals surface area contributed by atoms with Gasteiger partial charge in [-0.3, -0.25) is 0 Å². The smallest absolute Gasteiger partial charge is 0.158 e. The Labute approximate surface area is 151 Å². The lowest BCUT2D eigenvalue weighted by molar-refractivity contribution is 0.0372. The van der Waals surface area contributed by atoms with Crippen molar-refractivity contribution in [2.75, 3.05) is 36.9 Å². The van der Waals surface area contributed by atoms with Crippen LogP contribution in [0.5, 0.6) is 0 Å². The Kier molecular flexibility index (Phi) is 5.68. The molecule has 9 heteroatoms. The highest BCUT2D eigenvalue weighted by Crippen LogP contribution is 2.23. The van der Waals surface area contributed by atoms with Crippen LogP contribution in [-0.2, 0) is 4.74 Å². The van der Waals surface area contributed by atoms with Gasteiger partial charge in [-0.2, -0.15) is 5.26 Å². The summed E-state index contributed by atoms with van der Waals surface area (Å²) >= 11 is 0. The number of nitrogens with zero attached hydrogens (tertiary/aromatic N) is 5. The summed E-state index contributed by atoms with van der Waals surface area (Å²) in [6.45, 7) is 8.88. The summed E-state index contributed by atoms with van der Waals surface area (Å²) in [5.74, 6) is 0.992. The second kappa shape index (κ2) is 8.33. The van der Waals surface area contributed by atoms with Crippen molar-refractivity contribution >= 4 is 22.9 Å². The van der Waals surface area contributed by atoms with E-state index in [1.165, 1.54) is 12.4 Å². The Morgan fingerprint density at radius 2 is 2.27 bits per heavy atom. The number of nitriles is 1. The predicted molar refractivity (Wildman–Crippen MR) is 97.9 cm³/mol. The van der Waals surface area contributed by atoms with Crippen LogP contribution >= 0.6 is 0 Å². The number of nitrogens with one attached hydrogen (secondary N) is 3. The van der Waals surface area contributed by atoms with Crippen LogP contribution in [-0.4, -0.2) is 52.5 Å². The summed E-state index contributed by atoms with van der Waals surface area (Å²) < 4.78 is 5.70. The van der Waals surface area contributed by atoms with Crippen LogP contribution < -0.4 is 16.0 Å². The zero-order chi connectivity index (χ0) is 18.4. The second-order valence-corrected chi connectivity index (χ2v) is 5.87. The Hall–Kier alpha value is -3.09. The summed E-state index contributed by atoms with van der Waals surface area (Å²) in [5, 5.41) is 26.9. The topological polar surface area (TPSA) is 121 Å². The maximum Gasteiger partial charge on any atom is 0.158 e. The average molecular weight is 352 g/mol. The van der Waals surface area contributed by atoms with Crippen molar-refractivity contribution in [1.82, 2.24) is 25.5 Å². The molecule has 1 aliphatic rings. The molecule has 1 aliphatic heterocycles. The lowest BCUT2D eigenvalue weighted by Crippen LogP contribution is -2.42. The molecule has 3 heterocycles. The van der Waals surface area contributed by atoms with E-state index in [-0.39, 0.29) is 11.8 Å². The SMILES string of the molecule is C=C(C)c1nnc(Nc2cnc(C#N)cn2)cc1NC[C@@H]1CNCCO1. The Morgan fingerprint density at radius 1 is 1.38 bits per heavy atom. The number of aromatic nitrogens is 4. The molecule has 1 fully saturated rings. The monoisotopic (exact) mass is 352 g/mol. The third-order valence-electron chi connectivity index (χ3n) is 3.75. The number of hydrogen-bond donors (Lipinski definition) is 3. The molecule has 0 aromatic carbocycles. The largest absolute Gasteiger partial charge is 0.380 e. The first kappa shape index (κ1) is 17.7. The summed E-state index contributed by atoms with van der Waals surface area (Å²) in [6, 6.07) is 3.77. The van der Waals surface area contributed by atoms with Gasteiger partial charge in [0.25, 0.3) is 0 Å². The normalized spacial score (nSPS) is 16.5. The molecule has 3 rings (SSSR count). The summed E-state index contributed by atoms with van der Waals surface area (Å²) in [7, 11) is 0. The highest BCUT2D eigenvalue weighted by atomic mass is 16.5. The van der Waals surface area contributed by atoms with E-state index in [0.29, 0.717) is 30.5 Å². The zero-order valence-electron chi connectivity index (χ0n) is 14.5. The molecule has 0 unspecified atom stereocenters. The fraction of sp³-hybridized carbons (Fsp3) is 0.353. The molecular weight excluding hydrogens is 332 g/mol. The van der Waals surface area contributed by atoms with Crippen molar-refractivity contribution in [1.29, 1.82) is 5.26 Å². The Balaban J connectivity index is 1.74. The van der Waals surface area contributed by atoms with Crippen LogP contribution in [0.15, 0.2) is 25.0 Å². The zero-order valence-corrected chi connectivity index (χ0v) is 14.5. The first-order valence-corrected chi connectivity index (χ1v) is 8.24. The van der Waals surface area contributed by atoms with E-state index >= 15 is 0 Å². The van der Waals surface area contributed by atoms with Crippen molar-refractivity contribution in [3.8, 4) is 6.07 Å². The Bertz CT molecular complexity index is 809. The first-order chi connectivity index (χ1) is 12.7. The molecule has 0 radical (unpaired) electrons. The number of hydrogen-bond acceptors (Lipinski definition) is 9. The van der Waals surface area contributed by atoms with Gasteiger partial charge in [0, 0.05) is 25.7 Å².